The van der Waals surface area contributed by atoms with Crippen molar-refractivity contribution in [2.45, 2.75) is 33.3 Å². The number of anilines is 1. The van der Waals surface area contributed by atoms with E-state index in [2.05, 4.69) is 53.4 Å². The lowest BCUT2D eigenvalue weighted by atomic mass is 10.1. The Morgan fingerprint density at radius 1 is 1.10 bits per heavy atom. The smallest absolute Gasteiger partial charge is 0.157 e. The highest BCUT2D eigenvalue weighted by Crippen LogP contribution is 2.21. The average Bonchev–Trinajstić information content (AvgIpc) is 2.49. The fourth-order valence-corrected chi connectivity index (χ4v) is 2.24. The second-order valence-electron chi connectivity index (χ2n) is 4.96. The zero-order valence-corrected chi connectivity index (χ0v) is 13.0. The van der Waals surface area contributed by atoms with Gasteiger partial charge in [-0.15, -0.1) is 0 Å². The van der Waals surface area contributed by atoms with Crippen LogP contribution in [0.25, 0.3) is 11.3 Å². The number of aromatic nitrogens is 2. The molecule has 1 aromatic carbocycles. The molecule has 0 fully saturated rings. The Labute approximate surface area is 126 Å². The Morgan fingerprint density at radius 3 is 2.48 bits per heavy atom. The molecule has 0 saturated heterocycles. The van der Waals surface area contributed by atoms with Gasteiger partial charge in [-0.25, -0.2) is 9.97 Å². The molecule has 4 nitrogen and oxygen atoms in total. The van der Waals surface area contributed by atoms with Gasteiger partial charge in [0.1, 0.15) is 12.4 Å². The van der Waals surface area contributed by atoms with E-state index in [1.165, 1.54) is 5.56 Å². The maximum Gasteiger partial charge on any atom is 0.157 e. The van der Waals surface area contributed by atoms with Gasteiger partial charge in [-0.3, -0.25) is 0 Å². The highest BCUT2D eigenvalue weighted by Gasteiger charge is 2.06. The summed E-state index contributed by atoms with van der Waals surface area (Å²) in [6.07, 6.45) is 2.27. The molecule has 0 unspecified atom stereocenters. The van der Waals surface area contributed by atoms with E-state index in [9.17, 15) is 0 Å². The SMILES string of the molecule is CCCc1ccc(-c2cc(NCC)nc(COC)n2)cc1. The van der Waals surface area contributed by atoms with E-state index in [0.29, 0.717) is 12.4 Å². The van der Waals surface area contributed by atoms with Gasteiger partial charge >= 0.3 is 0 Å². The largest absolute Gasteiger partial charge is 0.377 e. The Balaban J connectivity index is 2.32. The molecule has 0 aliphatic rings. The third-order valence-corrected chi connectivity index (χ3v) is 3.19. The van der Waals surface area contributed by atoms with Gasteiger partial charge in [-0.2, -0.15) is 0 Å². The van der Waals surface area contributed by atoms with Gasteiger partial charge in [-0.1, -0.05) is 37.6 Å². The standard InChI is InChI=1S/C17H23N3O/c1-4-6-13-7-9-14(10-8-13)15-11-16(18-5-2)20-17(19-15)12-21-3/h7-11H,4-6,12H2,1-3H3,(H,18,19,20). The molecule has 0 radical (unpaired) electrons. The first-order valence-electron chi connectivity index (χ1n) is 7.46. The Hall–Kier alpha value is -1.94. The normalized spacial score (nSPS) is 10.6. The van der Waals surface area contributed by atoms with Gasteiger partial charge in [-0.05, 0) is 18.9 Å². The fraction of sp³-hybridized carbons (Fsp3) is 0.412. The predicted octanol–water partition coefficient (Wildman–Crippen LogP) is 3.67. The van der Waals surface area contributed by atoms with Gasteiger partial charge in [0.15, 0.2) is 5.82 Å². The van der Waals surface area contributed by atoms with Crippen molar-refractivity contribution in [3.63, 3.8) is 0 Å². The van der Waals surface area contributed by atoms with Crippen molar-refractivity contribution < 1.29 is 4.74 Å². The molecule has 1 aromatic heterocycles. The summed E-state index contributed by atoms with van der Waals surface area (Å²) < 4.78 is 5.15. The molecular formula is C17H23N3O. The summed E-state index contributed by atoms with van der Waals surface area (Å²) in [5.74, 6) is 1.54. The molecule has 0 saturated carbocycles. The minimum Gasteiger partial charge on any atom is -0.377 e. The zero-order chi connectivity index (χ0) is 15.1. The summed E-state index contributed by atoms with van der Waals surface area (Å²) >= 11 is 0. The first kappa shape index (κ1) is 15.4. The minimum atomic E-state index is 0.417. The van der Waals surface area contributed by atoms with Crippen molar-refractivity contribution in [1.82, 2.24) is 9.97 Å². The number of hydrogen-bond donors (Lipinski definition) is 1. The van der Waals surface area contributed by atoms with Crippen LogP contribution in [0.5, 0.6) is 0 Å². The van der Waals surface area contributed by atoms with Crippen molar-refractivity contribution in [1.29, 1.82) is 0 Å². The second kappa shape index (κ2) is 7.74. The maximum atomic E-state index is 5.15. The topological polar surface area (TPSA) is 47.0 Å². The third kappa shape index (κ3) is 4.26. The highest BCUT2D eigenvalue weighted by atomic mass is 16.5. The van der Waals surface area contributed by atoms with Crippen molar-refractivity contribution >= 4 is 5.82 Å². The van der Waals surface area contributed by atoms with E-state index >= 15 is 0 Å². The highest BCUT2D eigenvalue weighted by molar-refractivity contribution is 5.62. The molecular weight excluding hydrogens is 262 g/mol. The van der Waals surface area contributed by atoms with Crippen LogP contribution in [-0.2, 0) is 17.8 Å². The number of ether oxygens (including phenoxy) is 1. The molecule has 2 rings (SSSR count). The molecule has 0 amide bonds. The lowest BCUT2D eigenvalue weighted by Crippen LogP contribution is -2.05. The molecule has 4 heteroatoms. The van der Waals surface area contributed by atoms with Crippen LogP contribution in [-0.4, -0.2) is 23.6 Å². The molecule has 0 spiro atoms. The van der Waals surface area contributed by atoms with E-state index in [1.54, 1.807) is 7.11 Å². The molecule has 0 aliphatic heterocycles. The number of aryl methyl sites for hydroxylation is 1. The van der Waals surface area contributed by atoms with E-state index in [-0.39, 0.29) is 0 Å². The second-order valence-corrected chi connectivity index (χ2v) is 4.96. The quantitative estimate of drug-likeness (QED) is 0.843. The van der Waals surface area contributed by atoms with Gasteiger partial charge < -0.3 is 10.1 Å². The predicted molar refractivity (Wildman–Crippen MR) is 86.3 cm³/mol. The van der Waals surface area contributed by atoms with Crippen molar-refractivity contribution in [2.24, 2.45) is 0 Å². The lowest BCUT2D eigenvalue weighted by Gasteiger charge is -2.09. The Morgan fingerprint density at radius 2 is 1.86 bits per heavy atom. The van der Waals surface area contributed by atoms with Crippen LogP contribution >= 0.6 is 0 Å². The number of methoxy groups -OCH3 is 1. The van der Waals surface area contributed by atoms with E-state index in [4.69, 9.17) is 4.74 Å². The van der Waals surface area contributed by atoms with E-state index < -0.39 is 0 Å². The van der Waals surface area contributed by atoms with Crippen molar-refractivity contribution in [3.05, 3.63) is 41.7 Å². The molecule has 0 atom stereocenters. The molecule has 2 aromatic rings. The third-order valence-electron chi connectivity index (χ3n) is 3.19. The Kier molecular flexibility index (Phi) is 5.69. The van der Waals surface area contributed by atoms with Crippen LogP contribution in [0.15, 0.2) is 30.3 Å². The average molecular weight is 285 g/mol. The van der Waals surface area contributed by atoms with Crippen LogP contribution in [0, 0.1) is 0 Å². The van der Waals surface area contributed by atoms with Crippen LogP contribution in [0.4, 0.5) is 5.82 Å². The first-order valence-corrected chi connectivity index (χ1v) is 7.46. The maximum absolute atomic E-state index is 5.15. The summed E-state index contributed by atoms with van der Waals surface area (Å²) in [6.45, 7) is 5.49. The van der Waals surface area contributed by atoms with E-state index in [0.717, 1.165) is 36.5 Å². The minimum absolute atomic E-state index is 0.417. The number of hydrogen-bond acceptors (Lipinski definition) is 4. The monoisotopic (exact) mass is 285 g/mol. The molecule has 0 aliphatic carbocycles. The molecule has 1 heterocycles. The number of benzene rings is 1. The van der Waals surface area contributed by atoms with Crippen molar-refractivity contribution in [2.75, 3.05) is 19.0 Å². The summed E-state index contributed by atoms with van der Waals surface area (Å²) in [5, 5.41) is 3.24. The fourth-order valence-electron chi connectivity index (χ4n) is 2.24. The molecule has 1 N–H and O–H groups in total. The van der Waals surface area contributed by atoms with Crippen LogP contribution < -0.4 is 5.32 Å². The summed E-state index contributed by atoms with van der Waals surface area (Å²) in [5.41, 5.74) is 3.39. The summed E-state index contributed by atoms with van der Waals surface area (Å²) in [4.78, 5) is 9.01. The molecule has 21 heavy (non-hydrogen) atoms. The molecule has 0 bridgehead atoms. The van der Waals surface area contributed by atoms with Crippen molar-refractivity contribution in [3.8, 4) is 11.3 Å². The first-order chi connectivity index (χ1) is 10.3. The number of nitrogens with one attached hydrogen (secondary N) is 1. The van der Waals surface area contributed by atoms with Gasteiger partial charge in [0.05, 0.1) is 5.69 Å². The van der Waals surface area contributed by atoms with Gasteiger partial charge in [0.2, 0.25) is 0 Å². The van der Waals surface area contributed by atoms with Crippen LogP contribution in [0.3, 0.4) is 0 Å². The summed E-state index contributed by atoms with van der Waals surface area (Å²) in [6, 6.07) is 10.6. The zero-order valence-electron chi connectivity index (χ0n) is 13.0. The summed E-state index contributed by atoms with van der Waals surface area (Å²) in [7, 11) is 1.66. The number of nitrogens with zero attached hydrogens (tertiary/aromatic N) is 2. The van der Waals surface area contributed by atoms with Crippen LogP contribution in [0.1, 0.15) is 31.7 Å². The van der Waals surface area contributed by atoms with E-state index in [1.807, 2.05) is 6.07 Å². The van der Waals surface area contributed by atoms with Gasteiger partial charge in [0, 0.05) is 25.3 Å². The molecule has 112 valence electrons. The Bertz CT molecular complexity index is 542. The lowest BCUT2D eigenvalue weighted by molar-refractivity contribution is 0.178. The van der Waals surface area contributed by atoms with Gasteiger partial charge in [0.25, 0.3) is 0 Å². The number of rotatable bonds is 7. The van der Waals surface area contributed by atoms with Crippen LogP contribution in [0.2, 0.25) is 0 Å².